The third kappa shape index (κ3) is 1.81. The highest BCUT2D eigenvalue weighted by Gasteiger charge is 2.41. The predicted molar refractivity (Wildman–Crippen MR) is 61.9 cm³/mol. The van der Waals surface area contributed by atoms with E-state index in [2.05, 4.69) is 13.0 Å². The van der Waals surface area contributed by atoms with Crippen molar-refractivity contribution in [1.82, 2.24) is 0 Å². The molecule has 0 radical (unpaired) electrons. The van der Waals surface area contributed by atoms with E-state index in [0.29, 0.717) is 13.2 Å². The van der Waals surface area contributed by atoms with Crippen molar-refractivity contribution >= 4 is 0 Å². The van der Waals surface area contributed by atoms with Crippen molar-refractivity contribution in [3.63, 3.8) is 0 Å². The van der Waals surface area contributed by atoms with Gasteiger partial charge in [-0.05, 0) is 19.4 Å². The summed E-state index contributed by atoms with van der Waals surface area (Å²) in [4.78, 5) is 0. The van der Waals surface area contributed by atoms with Crippen molar-refractivity contribution in [2.45, 2.75) is 18.8 Å². The zero-order chi connectivity index (χ0) is 11.6. The van der Waals surface area contributed by atoms with Crippen molar-refractivity contribution in [1.29, 1.82) is 0 Å². The molecule has 88 valence electrons. The molecule has 1 saturated heterocycles. The van der Waals surface area contributed by atoms with Crippen LogP contribution in [0.15, 0.2) is 18.2 Å². The molecule has 1 aromatic rings. The van der Waals surface area contributed by atoms with Gasteiger partial charge in [0.1, 0.15) is 5.75 Å². The van der Waals surface area contributed by atoms with Crippen molar-refractivity contribution in [2.24, 2.45) is 0 Å². The molecule has 0 spiro atoms. The van der Waals surface area contributed by atoms with Crippen LogP contribution in [0.1, 0.15) is 17.5 Å². The standard InChI is InChI=1S/C13H18O3/c1-10-3-4-12(15-2)11(7-10)13(5-6-14)8-16-9-13/h3-4,7,14H,5-6,8-9H2,1-2H3. The normalized spacial score (nSPS) is 17.9. The van der Waals surface area contributed by atoms with Gasteiger partial charge in [-0.15, -0.1) is 0 Å². The topological polar surface area (TPSA) is 38.7 Å². The van der Waals surface area contributed by atoms with Crippen LogP contribution >= 0.6 is 0 Å². The molecule has 1 fully saturated rings. The average molecular weight is 222 g/mol. The van der Waals surface area contributed by atoms with E-state index in [-0.39, 0.29) is 12.0 Å². The lowest BCUT2D eigenvalue weighted by molar-refractivity contribution is -0.0709. The summed E-state index contributed by atoms with van der Waals surface area (Å²) in [5.41, 5.74) is 2.32. The highest BCUT2D eigenvalue weighted by atomic mass is 16.5. The first-order valence-corrected chi connectivity index (χ1v) is 5.55. The molecular weight excluding hydrogens is 204 g/mol. The number of aliphatic hydroxyl groups excluding tert-OH is 1. The zero-order valence-electron chi connectivity index (χ0n) is 9.82. The van der Waals surface area contributed by atoms with Crippen molar-refractivity contribution in [3.05, 3.63) is 29.3 Å². The van der Waals surface area contributed by atoms with Gasteiger partial charge in [0, 0.05) is 17.6 Å². The lowest BCUT2D eigenvalue weighted by Gasteiger charge is -2.42. The molecule has 1 heterocycles. The van der Waals surface area contributed by atoms with Gasteiger partial charge < -0.3 is 14.6 Å². The van der Waals surface area contributed by atoms with Gasteiger partial charge in [0.2, 0.25) is 0 Å². The van der Waals surface area contributed by atoms with Crippen LogP contribution in [-0.4, -0.2) is 32.0 Å². The molecule has 1 aliphatic heterocycles. The zero-order valence-corrected chi connectivity index (χ0v) is 9.82. The first kappa shape index (κ1) is 11.4. The summed E-state index contributed by atoms with van der Waals surface area (Å²) in [5.74, 6) is 0.891. The molecule has 1 aliphatic rings. The molecule has 1 N–H and O–H groups in total. The van der Waals surface area contributed by atoms with Gasteiger partial charge in [-0.2, -0.15) is 0 Å². The summed E-state index contributed by atoms with van der Waals surface area (Å²) in [5, 5.41) is 9.16. The maximum absolute atomic E-state index is 9.16. The number of hydrogen-bond acceptors (Lipinski definition) is 3. The SMILES string of the molecule is COc1ccc(C)cc1C1(CCO)COC1. The highest BCUT2D eigenvalue weighted by molar-refractivity contribution is 5.43. The van der Waals surface area contributed by atoms with Crippen molar-refractivity contribution < 1.29 is 14.6 Å². The molecule has 0 unspecified atom stereocenters. The molecule has 0 aromatic heterocycles. The summed E-state index contributed by atoms with van der Waals surface area (Å²) in [6.45, 7) is 3.59. The molecule has 0 bridgehead atoms. The minimum absolute atomic E-state index is 0.0495. The molecule has 3 nitrogen and oxygen atoms in total. The van der Waals surface area contributed by atoms with E-state index in [4.69, 9.17) is 14.6 Å². The van der Waals surface area contributed by atoms with Crippen molar-refractivity contribution in [2.75, 3.05) is 26.9 Å². The second kappa shape index (κ2) is 4.44. The molecule has 0 aliphatic carbocycles. The number of benzene rings is 1. The predicted octanol–water partition coefficient (Wildman–Crippen LogP) is 1.65. The van der Waals surface area contributed by atoms with Crippen LogP contribution < -0.4 is 4.74 Å². The average Bonchev–Trinajstić information content (AvgIpc) is 2.23. The molecular formula is C13H18O3. The minimum Gasteiger partial charge on any atom is -0.496 e. The number of ether oxygens (including phenoxy) is 2. The summed E-state index contributed by atoms with van der Waals surface area (Å²) in [7, 11) is 1.68. The van der Waals surface area contributed by atoms with Gasteiger partial charge in [0.25, 0.3) is 0 Å². The smallest absolute Gasteiger partial charge is 0.122 e. The van der Waals surface area contributed by atoms with Crippen LogP contribution in [0, 0.1) is 6.92 Å². The van der Waals surface area contributed by atoms with Crippen LogP contribution in [0.25, 0.3) is 0 Å². The van der Waals surface area contributed by atoms with Crippen LogP contribution in [0.2, 0.25) is 0 Å². The fourth-order valence-corrected chi connectivity index (χ4v) is 2.23. The summed E-state index contributed by atoms with van der Waals surface area (Å²) >= 11 is 0. The second-order valence-electron chi connectivity index (χ2n) is 4.45. The van der Waals surface area contributed by atoms with Gasteiger partial charge in [-0.25, -0.2) is 0 Å². The second-order valence-corrected chi connectivity index (χ2v) is 4.45. The van der Waals surface area contributed by atoms with Gasteiger partial charge in [-0.1, -0.05) is 17.7 Å². The quantitative estimate of drug-likeness (QED) is 0.842. The fourth-order valence-electron chi connectivity index (χ4n) is 2.23. The molecule has 2 rings (SSSR count). The Morgan fingerprint density at radius 3 is 2.69 bits per heavy atom. The van der Waals surface area contributed by atoms with E-state index >= 15 is 0 Å². The van der Waals surface area contributed by atoms with Crippen molar-refractivity contribution in [3.8, 4) is 5.75 Å². The Morgan fingerprint density at radius 2 is 2.19 bits per heavy atom. The number of aliphatic hydroxyl groups is 1. The first-order chi connectivity index (χ1) is 7.72. The third-order valence-corrected chi connectivity index (χ3v) is 3.27. The van der Waals surface area contributed by atoms with Crippen LogP contribution in [-0.2, 0) is 10.2 Å². The molecule has 1 aromatic carbocycles. The van der Waals surface area contributed by atoms with Gasteiger partial charge in [0.15, 0.2) is 0 Å². The monoisotopic (exact) mass is 222 g/mol. The Balaban J connectivity index is 2.40. The van der Waals surface area contributed by atoms with Crippen LogP contribution in [0.3, 0.4) is 0 Å². The lowest BCUT2D eigenvalue weighted by Crippen LogP contribution is -2.47. The molecule has 16 heavy (non-hydrogen) atoms. The van der Waals surface area contributed by atoms with E-state index in [9.17, 15) is 0 Å². The maximum Gasteiger partial charge on any atom is 0.122 e. The van der Waals surface area contributed by atoms with Gasteiger partial charge in [0.05, 0.1) is 20.3 Å². The van der Waals surface area contributed by atoms with E-state index in [1.54, 1.807) is 7.11 Å². The molecule has 0 atom stereocenters. The number of rotatable bonds is 4. The minimum atomic E-state index is -0.0495. The Hall–Kier alpha value is -1.06. The summed E-state index contributed by atoms with van der Waals surface area (Å²) < 4.78 is 10.7. The Morgan fingerprint density at radius 1 is 1.44 bits per heavy atom. The van der Waals surface area contributed by atoms with Crippen LogP contribution in [0.5, 0.6) is 5.75 Å². The Labute approximate surface area is 96.0 Å². The van der Waals surface area contributed by atoms with E-state index in [1.807, 2.05) is 12.1 Å². The van der Waals surface area contributed by atoms with Gasteiger partial charge in [-0.3, -0.25) is 0 Å². The van der Waals surface area contributed by atoms with E-state index in [1.165, 1.54) is 5.56 Å². The Bertz CT molecular complexity index is 369. The fraction of sp³-hybridized carbons (Fsp3) is 0.538. The van der Waals surface area contributed by atoms with Crippen LogP contribution in [0.4, 0.5) is 0 Å². The number of methoxy groups -OCH3 is 1. The number of aryl methyl sites for hydroxylation is 1. The molecule has 3 heteroatoms. The Kier molecular flexibility index (Phi) is 3.17. The third-order valence-electron chi connectivity index (χ3n) is 3.27. The largest absolute Gasteiger partial charge is 0.496 e. The maximum atomic E-state index is 9.16. The van der Waals surface area contributed by atoms with E-state index in [0.717, 1.165) is 17.7 Å². The molecule has 0 amide bonds. The molecule has 0 saturated carbocycles. The number of hydrogen-bond donors (Lipinski definition) is 1. The highest BCUT2D eigenvalue weighted by Crippen LogP contribution is 2.40. The lowest BCUT2D eigenvalue weighted by atomic mass is 9.75. The first-order valence-electron chi connectivity index (χ1n) is 5.55. The van der Waals surface area contributed by atoms with E-state index < -0.39 is 0 Å². The van der Waals surface area contributed by atoms with Gasteiger partial charge >= 0.3 is 0 Å². The summed E-state index contributed by atoms with van der Waals surface area (Å²) in [6.07, 6.45) is 0.729. The summed E-state index contributed by atoms with van der Waals surface area (Å²) in [6, 6.07) is 6.16.